The fourth-order valence-electron chi connectivity index (χ4n) is 2.60. The van der Waals surface area contributed by atoms with Crippen LogP contribution in [0.5, 0.6) is 0 Å². The average Bonchev–Trinajstić information content (AvgIpc) is 2.47. The van der Waals surface area contributed by atoms with Gasteiger partial charge in [0.05, 0.1) is 17.1 Å². The Kier molecular flexibility index (Phi) is 5.15. The Morgan fingerprint density at radius 2 is 2.23 bits per heavy atom. The minimum Gasteiger partial charge on any atom is -0.478 e. The van der Waals surface area contributed by atoms with Crippen LogP contribution in [0.1, 0.15) is 23.2 Å². The van der Waals surface area contributed by atoms with E-state index in [1.54, 1.807) is 7.11 Å². The molecule has 0 aliphatic carbocycles. The molecule has 22 heavy (non-hydrogen) atoms. The lowest BCUT2D eigenvalue weighted by molar-refractivity contribution is 0.0691. The standard InChI is InChI=1S/C14H18FNO5S/c1-21-9-10-3-2-6-16(8-10)22(19,20)11-4-5-12(14(17)18)13(15)7-11/h4-5,7,10H,2-3,6,8-9H2,1H3,(H,17,18). The quantitative estimate of drug-likeness (QED) is 0.885. The molecule has 0 amide bonds. The third-order valence-corrected chi connectivity index (χ3v) is 5.55. The average molecular weight is 331 g/mol. The first-order valence-electron chi connectivity index (χ1n) is 6.88. The van der Waals surface area contributed by atoms with Crippen molar-refractivity contribution in [3.05, 3.63) is 29.6 Å². The van der Waals surface area contributed by atoms with Gasteiger partial charge in [0, 0.05) is 20.2 Å². The number of carboxylic acids is 1. The second-order valence-electron chi connectivity index (χ2n) is 5.27. The van der Waals surface area contributed by atoms with Crippen LogP contribution in [0.25, 0.3) is 0 Å². The normalized spacial score (nSPS) is 20.0. The van der Waals surface area contributed by atoms with Crippen molar-refractivity contribution in [1.82, 2.24) is 4.31 Å². The highest BCUT2D eigenvalue weighted by atomic mass is 32.2. The molecular formula is C14H18FNO5S. The van der Waals surface area contributed by atoms with Gasteiger partial charge in [-0.15, -0.1) is 0 Å². The Morgan fingerprint density at radius 3 is 2.82 bits per heavy atom. The van der Waals surface area contributed by atoms with Crippen molar-refractivity contribution >= 4 is 16.0 Å². The van der Waals surface area contributed by atoms with Gasteiger partial charge in [0.15, 0.2) is 0 Å². The first-order valence-corrected chi connectivity index (χ1v) is 8.32. The lowest BCUT2D eigenvalue weighted by Crippen LogP contribution is -2.41. The van der Waals surface area contributed by atoms with Crippen LogP contribution >= 0.6 is 0 Å². The SMILES string of the molecule is COCC1CCCN(S(=O)(=O)c2ccc(C(=O)O)c(F)c2)C1. The zero-order valence-corrected chi connectivity index (χ0v) is 13.0. The van der Waals surface area contributed by atoms with E-state index in [4.69, 9.17) is 9.84 Å². The van der Waals surface area contributed by atoms with Gasteiger partial charge in [-0.2, -0.15) is 4.31 Å². The Labute approximate surface area is 128 Å². The molecule has 6 nitrogen and oxygen atoms in total. The maximum atomic E-state index is 13.7. The molecule has 1 aromatic carbocycles. The summed E-state index contributed by atoms with van der Waals surface area (Å²) in [5.74, 6) is -2.38. The van der Waals surface area contributed by atoms with Gasteiger partial charge in [0.1, 0.15) is 5.82 Å². The minimum absolute atomic E-state index is 0.108. The lowest BCUT2D eigenvalue weighted by Gasteiger charge is -2.31. The van der Waals surface area contributed by atoms with E-state index in [0.717, 1.165) is 24.6 Å². The molecule has 2 rings (SSSR count). The number of piperidine rings is 1. The van der Waals surface area contributed by atoms with Crippen molar-refractivity contribution in [3.63, 3.8) is 0 Å². The summed E-state index contributed by atoms with van der Waals surface area (Å²) in [5.41, 5.74) is -0.546. The number of halogens is 1. The molecule has 0 saturated carbocycles. The zero-order valence-electron chi connectivity index (χ0n) is 12.2. The molecule has 8 heteroatoms. The van der Waals surface area contributed by atoms with Crippen LogP contribution in [-0.4, -0.2) is 50.6 Å². The molecule has 1 saturated heterocycles. The monoisotopic (exact) mass is 331 g/mol. The van der Waals surface area contributed by atoms with E-state index >= 15 is 0 Å². The Hall–Kier alpha value is -1.51. The topological polar surface area (TPSA) is 83.9 Å². The third-order valence-electron chi connectivity index (χ3n) is 3.69. The van der Waals surface area contributed by atoms with E-state index in [9.17, 15) is 17.6 Å². The summed E-state index contributed by atoms with van der Waals surface area (Å²) in [6, 6.07) is 2.86. The summed E-state index contributed by atoms with van der Waals surface area (Å²) >= 11 is 0. The van der Waals surface area contributed by atoms with E-state index in [1.165, 1.54) is 4.31 Å². The summed E-state index contributed by atoms with van der Waals surface area (Å²) < 4.78 is 45.2. The van der Waals surface area contributed by atoms with Crippen LogP contribution in [0.4, 0.5) is 4.39 Å². The van der Waals surface area contributed by atoms with Crippen molar-refractivity contribution in [3.8, 4) is 0 Å². The van der Waals surface area contributed by atoms with E-state index in [0.29, 0.717) is 26.1 Å². The fraction of sp³-hybridized carbons (Fsp3) is 0.500. The van der Waals surface area contributed by atoms with Gasteiger partial charge in [-0.1, -0.05) is 0 Å². The smallest absolute Gasteiger partial charge is 0.338 e. The predicted octanol–water partition coefficient (Wildman–Crippen LogP) is 1.57. The van der Waals surface area contributed by atoms with Crippen LogP contribution in [0.3, 0.4) is 0 Å². The van der Waals surface area contributed by atoms with Crippen LogP contribution in [0, 0.1) is 11.7 Å². The molecule has 122 valence electrons. The zero-order chi connectivity index (χ0) is 16.3. The lowest BCUT2D eigenvalue weighted by atomic mass is 10.0. The van der Waals surface area contributed by atoms with Crippen molar-refractivity contribution in [2.75, 3.05) is 26.8 Å². The number of hydrogen-bond acceptors (Lipinski definition) is 4. The number of sulfonamides is 1. The number of aromatic carboxylic acids is 1. The molecule has 1 unspecified atom stereocenters. The van der Waals surface area contributed by atoms with Crippen molar-refractivity contribution in [1.29, 1.82) is 0 Å². The molecule has 0 bridgehead atoms. The number of hydrogen-bond donors (Lipinski definition) is 1. The van der Waals surface area contributed by atoms with Gasteiger partial charge in [-0.3, -0.25) is 0 Å². The first kappa shape index (κ1) is 16.9. The van der Waals surface area contributed by atoms with Gasteiger partial charge in [0.2, 0.25) is 10.0 Å². The Bertz CT molecular complexity index is 659. The van der Waals surface area contributed by atoms with Gasteiger partial charge < -0.3 is 9.84 Å². The molecule has 1 aliphatic heterocycles. The maximum absolute atomic E-state index is 13.7. The maximum Gasteiger partial charge on any atom is 0.338 e. The van der Waals surface area contributed by atoms with Crippen LogP contribution < -0.4 is 0 Å². The van der Waals surface area contributed by atoms with E-state index in [-0.39, 0.29) is 10.8 Å². The van der Waals surface area contributed by atoms with Crippen LogP contribution in [0.15, 0.2) is 23.1 Å². The van der Waals surface area contributed by atoms with Crippen molar-refractivity contribution < 1.29 is 27.4 Å². The summed E-state index contributed by atoms with van der Waals surface area (Å²) in [5, 5.41) is 8.79. The molecule has 1 heterocycles. The third kappa shape index (κ3) is 3.45. The number of methoxy groups -OCH3 is 1. The summed E-state index contributed by atoms with van der Waals surface area (Å²) in [4.78, 5) is 10.6. The number of rotatable bonds is 5. The number of carboxylic acid groups (broad SMARTS) is 1. The van der Waals surface area contributed by atoms with Gasteiger partial charge in [-0.05, 0) is 37.0 Å². The van der Waals surface area contributed by atoms with Crippen LogP contribution in [0.2, 0.25) is 0 Å². The van der Waals surface area contributed by atoms with Gasteiger partial charge in [-0.25, -0.2) is 17.6 Å². The molecule has 0 aromatic heterocycles. The highest BCUT2D eigenvalue weighted by molar-refractivity contribution is 7.89. The molecule has 1 fully saturated rings. The molecule has 1 atom stereocenters. The highest BCUT2D eigenvalue weighted by Crippen LogP contribution is 2.25. The number of carbonyl (C=O) groups is 1. The van der Waals surface area contributed by atoms with E-state index in [1.807, 2.05) is 0 Å². The van der Waals surface area contributed by atoms with E-state index in [2.05, 4.69) is 0 Å². The summed E-state index contributed by atoms with van der Waals surface area (Å²) in [6.07, 6.45) is 1.59. The Balaban J connectivity index is 2.26. The van der Waals surface area contributed by atoms with Crippen LogP contribution in [-0.2, 0) is 14.8 Å². The Morgan fingerprint density at radius 1 is 1.50 bits per heavy atom. The van der Waals surface area contributed by atoms with Crippen molar-refractivity contribution in [2.45, 2.75) is 17.7 Å². The van der Waals surface area contributed by atoms with Gasteiger partial charge >= 0.3 is 5.97 Å². The molecule has 0 radical (unpaired) electrons. The molecule has 0 spiro atoms. The van der Waals surface area contributed by atoms with E-state index < -0.39 is 27.4 Å². The number of ether oxygens (including phenoxy) is 1. The summed E-state index contributed by atoms with van der Waals surface area (Å²) in [7, 11) is -2.27. The van der Waals surface area contributed by atoms with Crippen molar-refractivity contribution in [2.24, 2.45) is 5.92 Å². The fourth-order valence-corrected chi connectivity index (χ4v) is 4.16. The molecule has 1 aromatic rings. The minimum atomic E-state index is -3.83. The predicted molar refractivity (Wildman–Crippen MR) is 76.7 cm³/mol. The summed E-state index contributed by atoms with van der Waals surface area (Å²) in [6.45, 7) is 1.15. The molecular weight excluding hydrogens is 313 g/mol. The molecule has 1 aliphatic rings. The number of benzene rings is 1. The van der Waals surface area contributed by atoms with Gasteiger partial charge in [0.25, 0.3) is 0 Å². The second kappa shape index (κ2) is 6.72. The highest BCUT2D eigenvalue weighted by Gasteiger charge is 2.31. The first-order chi connectivity index (χ1) is 10.4. The molecule has 1 N–H and O–H groups in total. The largest absolute Gasteiger partial charge is 0.478 e. The second-order valence-corrected chi connectivity index (χ2v) is 7.21. The number of nitrogens with zero attached hydrogens (tertiary/aromatic N) is 1.